The van der Waals surface area contributed by atoms with Gasteiger partial charge in [0.05, 0.1) is 19.8 Å². The number of nitrogens with zero attached hydrogens (tertiary/aromatic N) is 2. The molecule has 2 rings (SSSR count). The molecule has 1 aromatic rings. The number of hydrogen-bond acceptors (Lipinski definition) is 4. The number of guanidine groups is 1. The highest BCUT2D eigenvalue weighted by Gasteiger charge is 2.10. The molecular weight excluding hydrogens is 340 g/mol. The van der Waals surface area contributed by atoms with E-state index >= 15 is 0 Å². The van der Waals surface area contributed by atoms with E-state index in [0.717, 1.165) is 74.7 Å². The number of hydrogen-bond donors (Lipinski definition) is 2. The Kier molecular flexibility index (Phi) is 8.86. The van der Waals surface area contributed by atoms with Crippen LogP contribution in [0.4, 0.5) is 0 Å². The molecule has 6 nitrogen and oxygen atoms in total. The Hall–Kier alpha value is -1.50. The first kappa shape index (κ1) is 19.8. The lowest BCUT2D eigenvalue weighted by Crippen LogP contribution is -2.44. The predicted octanol–water partition coefficient (Wildman–Crippen LogP) is 1.78. The van der Waals surface area contributed by atoms with Crippen molar-refractivity contribution in [3.8, 4) is 5.75 Å². The minimum atomic E-state index is 0.646. The van der Waals surface area contributed by atoms with E-state index in [0.29, 0.717) is 6.61 Å². The van der Waals surface area contributed by atoms with Gasteiger partial charge in [-0.25, -0.2) is 0 Å². The molecule has 1 saturated heterocycles. The highest BCUT2D eigenvalue weighted by atomic mass is 35.5. The lowest BCUT2D eigenvalue weighted by Gasteiger charge is -2.26. The predicted molar refractivity (Wildman–Crippen MR) is 103 cm³/mol. The van der Waals surface area contributed by atoms with Crippen LogP contribution in [0.1, 0.15) is 12.5 Å². The molecule has 0 aromatic heterocycles. The summed E-state index contributed by atoms with van der Waals surface area (Å²) < 4.78 is 11.0. The first-order chi connectivity index (χ1) is 12.2. The van der Waals surface area contributed by atoms with Crippen molar-refractivity contribution in [2.24, 2.45) is 4.99 Å². The van der Waals surface area contributed by atoms with Gasteiger partial charge in [-0.1, -0.05) is 11.6 Å². The molecule has 0 aliphatic carbocycles. The molecule has 7 heteroatoms. The van der Waals surface area contributed by atoms with Crippen molar-refractivity contribution >= 4 is 17.6 Å². The highest BCUT2D eigenvalue weighted by Crippen LogP contribution is 2.23. The molecule has 2 N–H and O–H groups in total. The van der Waals surface area contributed by atoms with Gasteiger partial charge in [0.15, 0.2) is 5.96 Å². The lowest BCUT2D eigenvalue weighted by molar-refractivity contribution is 0.0389. The summed E-state index contributed by atoms with van der Waals surface area (Å²) in [7, 11) is 1.79. The Bertz CT molecular complexity index is 548. The molecule has 0 amide bonds. The van der Waals surface area contributed by atoms with E-state index in [-0.39, 0.29) is 0 Å². The van der Waals surface area contributed by atoms with Gasteiger partial charge in [-0.3, -0.25) is 9.89 Å². The summed E-state index contributed by atoms with van der Waals surface area (Å²) in [5, 5.41) is 7.42. The fourth-order valence-electron chi connectivity index (χ4n) is 2.73. The van der Waals surface area contributed by atoms with Crippen LogP contribution in [0, 0.1) is 0 Å². The average Bonchev–Trinajstić information content (AvgIpc) is 2.63. The zero-order valence-corrected chi connectivity index (χ0v) is 15.9. The van der Waals surface area contributed by atoms with Crippen LogP contribution >= 0.6 is 11.6 Å². The van der Waals surface area contributed by atoms with Crippen molar-refractivity contribution in [1.82, 2.24) is 15.5 Å². The van der Waals surface area contributed by atoms with E-state index in [1.54, 1.807) is 7.05 Å². The van der Waals surface area contributed by atoms with E-state index in [9.17, 15) is 0 Å². The number of ether oxygens (including phenoxy) is 2. The maximum atomic E-state index is 6.10. The largest absolute Gasteiger partial charge is 0.494 e. The van der Waals surface area contributed by atoms with E-state index in [1.807, 2.05) is 25.1 Å². The van der Waals surface area contributed by atoms with Crippen LogP contribution in [0.15, 0.2) is 23.2 Å². The topological polar surface area (TPSA) is 58.1 Å². The maximum Gasteiger partial charge on any atom is 0.191 e. The molecule has 1 fully saturated rings. The van der Waals surface area contributed by atoms with E-state index in [1.165, 1.54) is 0 Å². The summed E-state index contributed by atoms with van der Waals surface area (Å²) in [5.41, 5.74) is 1.10. The van der Waals surface area contributed by atoms with Crippen LogP contribution in [0.5, 0.6) is 5.75 Å². The molecule has 140 valence electrons. The van der Waals surface area contributed by atoms with Gasteiger partial charge < -0.3 is 20.1 Å². The van der Waals surface area contributed by atoms with Gasteiger partial charge in [0.25, 0.3) is 0 Å². The monoisotopic (exact) mass is 368 g/mol. The standard InChI is InChI=1S/C18H29ClN4O2/c1-3-25-17-5-4-16(19)14-15(17)6-7-21-18(20-2)22-8-9-23-10-12-24-13-11-23/h4-5,14H,3,6-13H2,1-2H3,(H2,20,21,22). The highest BCUT2D eigenvalue weighted by molar-refractivity contribution is 6.30. The molecule has 0 spiro atoms. The van der Waals surface area contributed by atoms with Crippen LogP contribution in [-0.4, -0.2) is 70.5 Å². The SMILES string of the molecule is CCOc1ccc(Cl)cc1CCNC(=NC)NCCN1CCOCC1. The van der Waals surface area contributed by atoms with Gasteiger partial charge >= 0.3 is 0 Å². The zero-order chi connectivity index (χ0) is 17.9. The second kappa shape index (κ2) is 11.2. The summed E-state index contributed by atoms with van der Waals surface area (Å²) in [6.45, 7) is 8.91. The zero-order valence-electron chi connectivity index (χ0n) is 15.2. The Morgan fingerprint density at radius 1 is 1.28 bits per heavy atom. The number of aliphatic imine (C=N–C) groups is 1. The molecule has 25 heavy (non-hydrogen) atoms. The van der Waals surface area contributed by atoms with Crippen molar-refractivity contribution in [1.29, 1.82) is 0 Å². The molecule has 0 bridgehead atoms. The van der Waals surface area contributed by atoms with Crippen LogP contribution in [-0.2, 0) is 11.2 Å². The molecule has 1 aliphatic rings. The second-order valence-electron chi connectivity index (χ2n) is 5.81. The summed E-state index contributed by atoms with van der Waals surface area (Å²) >= 11 is 6.10. The van der Waals surface area contributed by atoms with Crippen molar-refractivity contribution in [2.45, 2.75) is 13.3 Å². The van der Waals surface area contributed by atoms with Crippen molar-refractivity contribution in [2.75, 3.05) is 59.6 Å². The number of morpholine rings is 1. The van der Waals surface area contributed by atoms with Gasteiger partial charge in [-0.05, 0) is 37.1 Å². The normalized spacial score (nSPS) is 15.9. The molecule has 0 atom stereocenters. The van der Waals surface area contributed by atoms with Gasteiger partial charge in [0.2, 0.25) is 0 Å². The van der Waals surface area contributed by atoms with Gasteiger partial charge in [-0.15, -0.1) is 0 Å². The Morgan fingerprint density at radius 2 is 2.04 bits per heavy atom. The van der Waals surface area contributed by atoms with Crippen molar-refractivity contribution < 1.29 is 9.47 Å². The number of benzene rings is 1. The first-order valence-electron chi connectivity index (χ1n) is 8.88. The Morgan fingerprint density at radius 3 is 2.76 bits per heavy atom. The quantitative estimate of drug-likeness (QED) is 0.541. The summed E-state index contributed by atoms with van der Waals surface area (Å²) in [4.78, 5) is 6.67. The third kappa shape index (κ3) is 7.10. The van der Waals surface area contributed by atoms with Crippen LogP contribution in [0.25, 0.3) is 0 Å². The van der Waals surface area contributed by atoms with Gasteiger partial charge in [0, 0.05) is 44.8 Å². The lowest BCUT2D eigenvalue weighted by atomic mass is 10.1. The van der Waals surface area contributed by atoms with Crippen molar-refractivity contribution in [3.05, 3.63) is 28.8 Å². The first-order valence-corrected chi connectivity index (χ1v) is 9.26. The smallest absolute Gasteiger partial charge is 0.191 e. The minimum absolute atomic E-state index is 0.646. The number of halogens is 1. The molecule has 1 heterocycles. The number of nitrogens with one attached hydrogen (secondary N) is 2. The summed E-state index contributed by atoms with van der Waals surface area (Å²) in [6.07, 6.45) is 0.820. The molecule has 0 saturated carbocycles. The Labute approximate surface area is 155 Å². The molecular formula is C18H29ClN4O2. The van der Waals surface area contributed by atoms with E-state index in [2.05, 4.69) is 20.5 Å². The van der Waals surface area contributed by atoms with E-state index < -0.39 is 0 Å². The maximum absolute atomic E-state index is 6.10. The van der Waals surface area contributed by atoms with E-state index in [4.69, 9.17) is 21.1 Å². The molecule has 0 unspecified atom stereocenters. The van der Waals surface area contributed by atoms with Crippen LogP contribution in [0.2, 0.25) is 5.02 Å². The van der Waals surface area contributed by atoms with Gasteiger partial charge in [0.1, 0.15) is 5.75 Å². The third-order valence-corrected chi connectivity index (χ3v) is 4.29. The summed E-state index contributed by atoms with van der Waals surface area (Å²) in [5.74, 6) is 1.71. The molecule has 1 aliphatic heterocycles. The fourth-order valence-corrected chi connectivity index (χ4v) is 2.93. The molecule has 1 aromatic carbocycles. The van der Waals surface area contributed by atoms with Crippen LogP contribution in [0.3, 0.4) is 0 Å². The van der Waals surface area contributed by atoms with Crippen molar-refractivity contribution in [3.63, 3.8) is 0 Å². The van der Waals surface area contributed by atoms with Crippen LogP contribution < -0.4 is 15.4 Å². The van der Waals surface area contributed by atoms with Gasteiger partial charge in [-0.2, -0.15) is 0 Å². The molecule has 0 radical (unpaired) electrons. The fraction of sp³-hybridized carbons (Fsp3) is 0.611. The Balaban J connectivity index is 1.72. The summed E-state index contributed by atoms with van der Waals surface area (Å²) in [6, 6.07) is 5.75. The third-order valence-electron chi connectivity index (χ3n) is 4.06. The minimum Gasteiger partial charge on any atom is -0.494 e. The average molecular weight is 369 g/mol. The number of rotatable bonds is 8. The second-order valence-corrected chi connectivity index (χ2v) is 6.25.